The minimum atomic E-state index is -3.09. The van der Waals surface area contributed by atoms with Gasteiger partial charge >= 0.3 is 12.4 Å². The van der Waals surface area contributed by atoms with E-state index < -0.39 is 23.7 Å². The van der Waals surface area contributed by atoms with E-state index in [2.05, 4.69) is 0 Å². The van der Waals surface area contributed by atoms with Crippen molar-refractivity contribution in [3.05, 3.63) is 0 Å². The van der Waals surface area contributed by atoms with Crippen LogP contribution >= 0.6 is 0 Å². The van der Waals surface area contributed by atoms with Crippen LogP contribution < -0.4 is 5.32 Å². The molecule has 98 valence electrons. The van der Waals surface area contributed by atoms with Crippen LogP contribution in [0, 0.1) is 11.3 Å². The number of carbonyl (C=O) groups excluding carboxylic acids is 1. The maximum absolute atomic E-state index is 12.0. The third-order valence-electron chi connectivity index (χ3n) is 3.48. The fraction of sp³-hybridized carbons (Fsp3) is 0.818. The van der Waals surface area contributed by atoms with Gasteiger partial charge in [0.1, 0.15) is 0 Å². The van der Waals surface area contributed by atoms with E-state index in [1.807, 2.05) is 12.2 Å². The van der Waals surface area contributed by atoms with Crippen LogP contribution in [0.15, 0.2) is 0 Å². The van der Waals surface area contributed by atoms with Gasteiger partial charge in [-0.3, -0.25) is 9.59 Å². The van der Waals surface area contributed by atoms with E-state index in [0.717, 1.165) is 12.8 Å². The summed E-state index contributed by atoms with van der Waals surface area (Å²) < 4.78 is 24.0. The molecular weight excluding hydrogens is 232 g/mol. The van der Waals surface area contributed by atoms with Gasteiger partial charge < -0.3 is 10.4 Å². The molecule has 0 aromatic carbocycles. The van der Waals surface area contributed by atoms with Crippen molar-refractivity contribution < 1.29 is 23.5 Å². The number of carboxylic acids is 1. The summed E-state index contributed by atoms with van der Waals surface area (Å²) in [6.45, 7) is 1.82. The molecule has 0 bridgehead atoms. The summed E-state index contributed by atoms with van der Waals surface area (Å²) in [5.41, 5.74) is -1.07. The van der Waals surface area contributed by atoms with Crippen LogP contribution in [0.2, 0.25) is 0 Å². The van der Waals surface area contributed by atoms with Crippen molar-refractivity contribution in [1.29, 1.82) is 0 Å². The first kappa shape index (κ1) is 13.9. The molecule has 0 aromatic heterocycles. The Balaban J connectivity index is 2.61. The first-order valence-electron chi connectivity index (χ1n) is 5.67. The molecule has 1 aliphatic carbocycles. The van der Waals surface area contributed by atoms with Crippen LogP contribution in [0.5, 0.6) is 0 Å². The highest BCUT2D eigenvalue weighted by Crippen LogP contribution is 2.38. The summed E-state index contributed by atoms with van der Waals surface area (Å²) in [4.78, 5) is 22.0. The van der Waals surface area contributed by atoms with Crippen molar-refractivity contribution in [2.75, 3.05) is 6.54 Å². The summed E-state index contributed by atoms with van der Waals surface area (Å²) >= 11 is 0. The molecule has 0 heterocycles. The highest BCUT2D eigenvalue weighted by molar-refractivity contribution is 5.81. The zero-order chi connectivity index (χ0) is 13.1. The van der Waals surface area contributed by atoms with E-state index in [1.165, 1.54) is 0 Å². The van der Waals surface area contributed by atoms with Crippen LogP contribution in [0.4, 0.5) is 8.78 Å². The molecule has 0 spiro atoms. The second-order valence-electron chi connectivity index (χ2n) is 4.79. The molecule has 4 nitrogen and oxygen atoms in total. The number of alkyl halides is 2. The molecule has 6 heteroatoms. The molecule has 0 saturated heterocycles. The fourth-order valence-electron chi connectivity index (χ4n) is 2.11. The number of hydrogen-bond donors (Lipinski definition) is 2. The first-order valence-corrected chi connectivity index (χ1v) is 5.67. The Hall–Kier alpha value is -1.20. The number of halogens is 2. The van der Waals surface area contributed by atoms with Crippen LogP contribution in [0.1, 0.15) is 32.6 Å². The Morgan fingerprint density at radius 2 is 1.94 bits per heavy atom. The average molecular weight is 249 g/mol. The Morgan fingerprint density at radius 3 is 2.35 bits per heavy atom. The molecule has 1 fully saturated rings. The van der Waals surface area contributed by atoms with Crippen molar-refractivity contribution >= 4 is 11.9 Å². The number of hydrogen-bond acceptors (Lipinski definition) is 2. The number of carboxylic acid groups (broad SMARTS) is 1. The Bertz CT molecular complexity index is 299. The first-order chi connectivity index (χ1) is 7.87. The molecule has 2 N–H and O–H groups in total. The maximum Gasteiger partial charge on any atom is 0.315 e. The molecular formula is C11H17F2NO3. The normalized spacial score (nSPS) is 29.1. The van der Waals surface area contributed by atoms with E-state index >= 15 is 0 Å². The van der Waals surface area contributed by atoms with Gasteiger partial charge in [-0.2, -0.15) is 8.78 Å². The smallest absolute Gasteiger partial charge is 0.315 e. The van der Waals surface area contributed by atoms with Gasteiger partial charge in [0.2, 0.25) is 0 Å². The zero-order valence-electron chi connectivity index (χ0n) is 9.71. The average Bonchev–Trinajstić information content (AvgIpc) is 2.27. The van der Waals surface area contributed by atoms with Gasteiger partial charge in [0.05, 0.1) is 5.41 Å². The van der Waals surface area contributed by atoms with Crippen molar-refractivity contribution in [3.8, 4) is 0 Å². The second-order valence-corrected chi connectivity index (χ2v) is 4.79. The van der Waals surface area contributed by atoms with E-state index in [-0.39, 0.29) is 6.54 Å². The van der Waals surface area contributed by atoms with Gasteiger partial charge in [-0.15, -0.1) is 0 Å². The van der Waals surface area contributed by atoms with Gasteiger partial charge in [0.15, 0.2) is 0 Å². The molecule has 0 aliphatic heterocycles. The highest BCUT2D eigenvalue weighted by atomic mass is 19.3. The summed E-state index contributed by atoms with van der Waals surface area (Å²) in [5.74, 6) is -1.96. The summed E-state index contributed by atoms with van der Waals surface area (Å²) in [6.07, 6.45) is -0.753. The molecule has 1 rings (SSSR count). The second kappa shape index (κ2) is 5.42. The van der Waals surface area contributed by atoms with Gasteiger partial charge in [-0.05, 0) is 31.6 Å². The monoisotopic (exact) mass is 249 g/mol. The molecule has 0 radical (unpaired) electrons. The highest BCUT2D eigenvalue weighted by Gasteiger charge is 2.41. The predicted octanol–water partition coefficient (Wildman–Crippen LogP) is 1.65. The largest absolute Gasteiger partial charge is 0.481 e. The summed E-state index contributed by atoms with van der Waals surface area (Å²) in [6, 6.07) is 0. The number of carbonyl (C=O) groups is 2. The Kier molecular flexibility index (Phi) is 4.42. The van der Waals surface area contributed by atoms with Crippen LogP contribution in [-0.2, 0) is 9.59 Å². The number of rotatable bonds is 4. The maximum atomic E-state index is 12.0. The molecule has 1 saturated carbocycles. The van der Waals surface area contributed by atoms with Crippen molar-refractivity contribution in [2.45, 2.75) is 39.0 Å². The van der Waals surface area contributed by atoms with Crippen LogP contribution in [0.25, 0.3) is 0 Å². The van der Waals surface area contributed by atoms with E-state index in [4.69, 9.17) is 0 Å². The van der Waals surface area contributed by atoms with Crippen molar-refractivity contribution in [3.63, 3.8) is 0 Å². The molecule has 17 heavy (non-hydrogen) atoms. The Labute approximate surface area is 98.4 Å². The topological polar surface area (TPSA) is 66.4 Å². The molecule has 1 aliphatic rings. The van der Waals surface area contributed by atoms with Gasteiger partial charge in [-0.1, -0.05) is 6.92 Å². The molecule has 0 atom stereocenters. The standard InChI is InChI=1S/C11H17F2NO3/c1-7-2-4-11(5-3-7,10(16)17)6-14-9(15)8(12)13/h7-8H,2-6H2,1H3,(H,14,15)(H,16,17). The molecule has 0 aromatic rings. The molecule has 1 amide bonds. The lowest BCUT2D eigenvalue weighted by Crippen LogP contribution is -2.46. The van der Waals surface area contributed by atoms with E-state index in [1.54, 1.807) is 0 Å². The summed E-state index contributed by atoms with van der Waals surface area (Å²) in [5, 5.41) is 11.2. The van der Waals surface area contributed by atoms with Crippen molar-refractivity contribution in [1.82, 2.24) is 5.32 Å². The lowest BCUT2D eigenvalue weighted by atomic mass is 9.71. The van der Waals surface area contributed by atoms with Crippen LogP contribution in [-0.4, -0.2) is 30.0 Å². The lowest BCUT2D eigenvalue weighted by Gasteiger charge is -2.35. The van der Waals surface area contributed by atoms with E-state index in [9.17, 15) is 23.5 Å². The van der Waals surface area contributed by atoms with Gasteiger partial charge in [0.25, 0.3) is 5.91 Å². The number of aliphatic carboxylic acids is 1. The third-order valence-corrected chi connectivity index (χ3v) is 3.48. The van der Waals surface area contributed by atoms with Gasteiger partial charge in [0, 0.05) is 6.54 Å². The molecule has 0 unspecified atom stereocenters. The zero-order valence-corrected chi connectivity index (χ0v) is 9.71. The SMILES string of the molecule is CC1CCC(CNC(=O)C(F)F)(C(=O)O)CC1. The minimum absolute atomic E-state index is 0.210. The lowest BCUT2D eigenvalue weighted by molar-refractivity contribution is -0.152. The number of amides is 1. The minimum Gasteiger partial charge on any atom is -0.481 e. The van der Waals surface area contributed by atoms with E-state index in [0.29, 0.717) is 18.8 Å². The number of nitrogens with one attached hydrogen (secondary N) is 1. The van der Waals surface area contributed by atoms with Gasteiger partial charge in [-0.25, -0.2) is 0 Å². The summed E-state index contributed by atoms with van der Waals surface area (Å²) in [7, 11) is 0. The van der Waals surface area contributed by atoms with Crippen molar-refractivity contribution in [2.24, 2.45) is 11.3 Å². The quantitative estimate of drug-likeness (QED) is 0.796. The fourth-order valence-corrected chi connectivity index (χ4v) is 2.11. The predicted molar refractivity (Wildman–Crippen MR) is 56.7 cm³/mol. The Morgan fingerprint density at radius 1 is 1.41 bits per heavy atom. The third kappa shape index (κ3) is 3.38. The van der Waals surface area contributed by atoms with Crippen LogP contribution in [0.3, 0.4) is 0 Å².